The van der Waals surface area contributed by atoms with Crippen LogP contribution in [0.4, 0.5) is 4.39 Å². The molecule has 186 valence electrons. The summed E-state index contributed by atoms with van der Waals surface area (Å²) in [6.07, 6.45) is 1.43. The number of hydrogen-bond acceptors (Lipinski definition) is 7. The monoisotopic (exact) mass is 481 g/mol. The number of aryl methyl sites for hydroxylation is 1. The van der Waals surface area contributed by atoms with Gasteiger partial charge in [-0.25, -0.2) is 4.39 Å². The molecule has 0 aromatic heterocycles. The Kier molecular flexibility index (Phi) is 8.83. The first kappa shape index (κ1) is 26.2. The van der Waals surface area contributed by atoms with Gasteiger partial charge in [-0.05, 0) is 87.9 Å². The molecule has 2 aromatic carbocycles. The average molecular weight is 482 g/mol. The molecule has 0 aliphatic heterocycles. The number of ether oxygens (including phenoxy) is 2. The summed E-state index contributed by atoms with van der Waals surface area (Å²) < 4.78 is 25.0. The van der Waals surface area contributed by atoms with Crippen molar-refractivity contribution in [1.29, 1.82) is 5.26 Å². The van der Waals surface area contributed by atoms with E-state index in [1.54, 1.807) is 19.9 Å². The number of fused-ring (bicyclic) bond motifs is 1. The van der Waals surface area contributed by atoms with E-state index in [2.05, 4.69) is 16.5 Å². The van der Waals surface area contributed by atoms with Gasteiger partial charge in [0, 0.05) is 6.04 Å². The van der Waals surface area contributed by atoms with Crippen molar-refractivity contribution in [2.24, 2.45) is 5.16 Å². The zero-order chi connectivity index (χ0) is 25.5. The molecule has 0 heterocycles. The highest BCUT2D eigenvalue weighted by molar-refractivity contribution is 5.98. The van der Waals surface area contributed by atoms with Gasteiger partial charge < -0.3 is 19.6 Å². The summed E-state index contributed by atoms with van der Waals surface area (Å²) >= 11 is 0. The van der Waals surface area contributed by atoms with Crippen LogP contribution in [0.2, 0.25) is 0 Å². The summed E-state index contributed by atoms with van der Waals surface area (Å²) in [4.78, 5) is 17.3. The SMILES string of the molecule is C/C(=N\OCc1cc(F)c(OC(C)C)c(C#N)c1)c1ccc2c(c1)CCC2NCC(=O)OC(C)C. The fraction of sp³-hybridized carbons (Fsp3) is 0.444. The third kappa shape index (κ3) is 7.03. The van der Waals surface area contributed by atoms with E-state index in [4.69, 9.17) is 14.3 Å². The first-order chi connectivity index (χ1) is 16.7. The molecule has 0 radical (unpaired) electrons. The smallest absolute Gasteiger partial charge is 0.320 e. The van der Waals surface area contributed by atoms with Gasteiger partial charge in [0.15, 0.2) is 11.6 Å². The van der Waals surface area contributed by atoms with E-state index < -0.39 is 5.82 Å². The predicted octanol–water partition coefficient (Wildman–Crippen LogP) is 4.95. The number of hydrogen-bond donors (Lipinski definition) is 1. The Hall–Kier alpha value is -3.44. The molecule has 0 saturated heterocycles. The second-order valence-corrected chi connectivity index (χ2v) is 9.11. The first-order valence-electron chi connectivity index (χ1n) is 11.8. The summed E-state index contributed by atoms with van der Waals surface area (Å²) in [6, 6.07) is 11.0. The Balaban J connectivity index is 1.62. The topological polar surface area (TPSA) is 92.9 Å². The van der Waals surface area contributed by atoms with Gasteiger partial charge in [-0.15, -0.1) is 0 Å². The van der Waals surface area contributed by atoms with Crippen LogP contribution in [0, 0.1) is 17.1 Å². The molecule has 0 amide bonds. The van der Waals surface area contributed by atoms with Crippen molar-refractivity contribution >= 4 is 11.7 Å². The average Bonchev–Trinajstić information content (AvgIpc) is 3.20. The Morgan fingerprint density at radius 3 is 2.69 bits per heavy atom. The van der Waals surface area contributed by atoms with Crippen molar-refractivity contribution in [3.05, 3.63) is 64.0 Å². The normalized spacial score (nSPS) is 15.2. The Morgan fingerprint density at radius 2 is 2.00 bits per heavy atom. The summed E-state index contributed by atoms with van der Waals surface area (Å²) in [7, 11) is 0. The number of nitrogens with zero attached hydrogens (tertiary/aromatic N) is 2. The van der Waals surface area contributed by atoms with Crippen LogP contribution in [0.3, 0.4) is 0 Å². The molecule has 0 saturated carbocycles. The maximum atomic E-state index is 14.4. The van der Waals surface area contributed by atoms with Crippen molar-refractivity contribution in [3.63, 3.8) is 0 Å². The van der Waals surface area contributed by atoms with E-state index in [0.717, 1.165) is 18.4 Å². The number of nitrogens with one attached hydrogen (secondary N) is 1. The summed E-state index contributed by atoms with van der Waals surface area (Å²) in [5.74, 6) is -0.904. The maximum Gasteiger partial charge on any atom is 0.320 e. The van der Waals surface area contributed by atoms with Gasteiger partial charge in [-0.2, -0.15) is 5.26 Å². The fourth-order valence-corrected chi connectivity index (χ4v) is 3.99. The van der Waals surface area contributed by atoms with Crippen LogP contribution in [-0.2, 0) is 27.4 Å². The van der Waals surface area contributed by atoms with Crippen LogP contribution in [0.1, 0.15) is 74.9 Å². The van der Waals surface area contributed by atoms with E-state index in [0.29, 0.717) is 11.3 Å². The number of esters is 1. The van der Waals surface area contributed by atoms with Crippen LogP contribution >= 0.6 is 0 Å². The van der Waals surface area contributed by atoms with Crippen LogP contribution < -0.4 is 10.1 Å². The molecule has 7 nitrogen and oxygen atoms in total. The third-order valence-electron chi connectivity index (χ3n) is 5.51. The molecule has 8 heteroatoms. The molecule has 2 aromatic rings. The Morgan fingerprint density at radius 1 is 1.23 bits per heavy atom. The highest BCUT2D eigenvalue weighted by atomic mass is 19.1. The number of oxime groups is 1. The second kappa shape index (κ2) is 11.8. The fourth-order valence-electron chi connectivity index (χ4n) is 3.99. The molecule has 1 atom stereocenters. The second-order valence-electron chi connectivity index (χ2n) is 9.11. The lowest BCUT2D eigenvalue weighted by atomic mass is 10.0. The van der Waals surface area contributed by atoms with Crippen LogP contribution in [0.25, 0.3) is 0 Å². The minimum atomic E-state index is -0.601. The van der Waals surface area contributed by atoms with Crippen molar-refractivity contribution in [2.45, 2.75) is 72.3 Å². The number of nitriles is 1. The largest absolute Gasteiger partial charge is 0.487 e. The lowest BCUT2D eigenvalue weighted by Gasteiger charge is -2.15. The van der Waals surface area contributed by atoms with Gasteiger partial charge in [-0.1, -0.05) is 17.3 Å². The van der Waals surface area contributed by atoms with Gasteiger partial charge in [0.05, 0.1) is 30.0 Å². The minimum Gasteiger partial charge on any atom is -0.487 e. The first-order valence-corrected chi connectivity index (χ1v) is 11.8. The number of benzene rings is 2. The molecule has 1 aliphatic rings. The number of carbonyl (C=O) groups excluding carboxylic acids is 1. The molecule has 0 bridgehead atoms. The van der Waals surface area contributed by atoms with Gasteiger partial charge in [0.2, 0.25) is 0 Å². The molecular formula is C27H32FN3O4. The van der Waals surface area contributed by atoms with Gasteiger partial charge in [0.1, 0.15) is 12.7 Å². The summed E-state index contributed by atoms with van der Waals surface area (Å²) in [5.41, 5.74) is 4.60. The minimum absolute atomic E-state index is 0.0221. The van der Waals surface area contributed by atoms with Crippen molar-refractivity contribution in [3.8, 4) is 11.8 Å². The van der Waals surface area contributed by atoms with E-state index in [1.807, 2.05) is 39.0 Å². The van der Waals surface area contributed by atoms with Crippen molar-refractivity contribution < 1.29 is 23.5 Å². The van der Waals surface area contributed by atoms with Crippen LogP contribution in [0.5, 0.6) is 5.75 Å². The van der Waals surface area contributed by atoms with E-state index in [1.165, 1.54) is 17.2 Å². The quantitative estimate of drug-likeness (QED) is 0.293. The van der Waals surface area contributed by atoms with Crippen LogP contribution in [-0.4, -0.2) is 30.4 Å². The zero-order valence-electron chi connectivity index (χ0n) is 20.9. The molecule has 0 spiro atoms. The van der Waals surface area contributed by atoms with E-state index in [-0.39, 0.29) is 48.7 Å². The number of halogens is 1. The standard InChI is InChI=1S/C27H32FN3O4/c1-16(2)34-26(32)14-30-25-9-7-21-12-20(6-8-23(21)25)18(5)31-33-15-19-10-22(13-29)27(24(28)11-19)35-17(3)4/h6,8,10-12,16-17,25,30H,7,9,14-15H2,1-5H3/b31-18+. The number of rotatable bonds is 10. The van der Waals surface area contributed by atoms with Crippen LogP contribution in [0.15, 0.2) is 35.5 Å². The zero-order valence-corrected chi connectivity index (χ0v) is 20.9. The Bertz CT molecular complexity index is 1140. The van der Waals surface area contributed by atoms with E-state index >= 15 is 0 Å². The number of carbonyl (C=O) groups is 1. The highest BCUT2D eigenvalue weighted by Crippen LogP contribution is 2.32. The summed E-state index contributed by atoms with van der Waals surface area (Å²) in [5, 5.41) is 16.8. The molecule has 3 rings (SSSR count). The van der Waals surface area contributed by atoms with Crippen molar-refractivity contribution in [2.75, 3.05) is 6.54 Å². The van der Waals surface area contributed by atoms with Gasteiger partial charge in [0.25, 0.3) is 0 Å². The highest BCUT2D eigenvalue weighted by Gasteiger charge is 2.23. The molecular weight excluding hydrogens is 449 g/mol. The van der Waals surface area contributed by atoms with E-state index in [9.17, 15) is 14.4 Å². The third-order valence-corrected chi connectivity index (χ3v) is 5.51. The predicted molar refractivity (Wildman–Crippen MR) is 131 cm³/mol. The molecule has 1 unspecified atom stereocenters. The lowest BCUT2D eigenvalue weighted by Crippen LogP contribution is -2.29. The van der Waals surface area contributed by atoms with Gasteiger partial charge >= 0.3 is 5.97 Å². The maximum absolute atomic E-state index is 14.4. The Labute approximate surface area is 205 Å². The molecule has 1 aliphatic carbocycles. The lowest BCUT2D eigenvalue weighted by molar-refractivity contribution is -0.146. The molecule has 35 heavy (non-hydrogen) atoms. The molecule has 1 N–H and O–H groups in total. The van der Waals surface area contributed by atoms with Gasteiger partial charge in [-0.3, -0.25) is 4.79 Å². The van der Waals surface area contributed by atoms with Crippen molar-refractivity contribution in [1.82, 2.24) is 5.32 Å². The molecule has 0 fully saturated rings. The summed E-state index contributed by atoms with van der Waals surface area (Å²) in [6.45, 7) is 9.25.